The maximum atomic E-state index is 12.0. The molecule has 0 unspecified atom stereocenters. The molecule has 1 saturated heterocycles. The number of halogens is 1. The van der Waals surface area contributed by atoms with Crippen LogP contribution in [-0.2, 0) is 4.79 Å². The lowest BCUT2D eigenvalue weighted by atomic mass is 10.2. The van der Waals surface area contributed by atoms with Crippen molar-refractivity contribution in [2.45, 2.75) is 18.1 Å². The summed E-state index contributed by atoms with van der Waals surface area (Å²) in [5.41, 5.74) is 0.757. The van der Waals surface area contributed by atoms with Crippen LogP contribution in [-0.4, -0.2) is 37.1 Å². The zero-order chi connectivity index (χ0) is 14.4. The molecule has 0 aromatic heterocycles. The molecule has 2 N–H and O–H groups in total. The molecule has 0 atom stereocenters. The summed E-state index contributed by atoms with van der Waals surface area (Å²) in [6.07, 6.45) is 2.28. The third kappa shape index (κ3) is 5.00. The zero-order valence-electron chi connectivity index (χ0n) is 11.4. The number of hydrogen-bond donors (Lipinski definition) is 2. The first-order chi connectivity index (χ1) is 9.67. The summed E-state index contributed by atoms with van der Waals surface area (Å²) in [5.74, 6) is 1.26. The fourth-order valence-corrected chi connectivity index (χ4v) is 3.61. The van der Waals surface area contributed by atoms with Crippen LogP contribution in [0.4, 0.5) is 5.69 Å². The number of anilines is 1. The Bertz CT molecular complexity index is 464. The summed E-state index contributed by atoms with van der Waals surface area (Å²) < 4.78 is 6.07. The SMILES string of the molecule is COc1cc(Br)cc(NC(=O)CSC2CCNCC2)c1. The van der Waals surface area contributed by atoms with Crippen molar-refractivity contribution < 1.29 is 9.53 Å². The standard InChI is InChI=1S/C14H19BrN2O2S/c1-19-12-7-10(15)6-11(8-12)17-14(18)9-20-13-2-4-16-5-3-13/h6-8,13,16H,2-5,9H2,1H3,(H,17,18). The van der Waals surface area contributed by atoms with Crippen molar-refractivity contribution in [2.24, 2.45) is 0 Å². The molecule has 110 valence electrons. The van der Waals surface area contributed by atoms with Gasteiger partial charge in [-0.05, 0) is 38.1 Å². The summed E-state index contributed by atoms with van der Waals surface area (Å²) >= 11 is 5.15. The number of nitrogens with one attached hydrogen (secondary N) is 2. The molecule has 1 aromatic carbocycles. The Labute approximate surface area is 132 Å². The first-order valence-electron chi connectivity index (χ1n) is 6.64. The molecule has 1 fully saturated rings. The number of carbonyl (C=O) groups is 1. The van der Waals surface area contributed by atoms with Crippen LogP contribution in [0, 0.1) is 0 Å². The van der Waals surface area contributed by atoms with Gasteiger partial charge in [-0.25, -0.2) is 0 Å². The lowest BCUT2D eigenvalue weighted by Gasteiger charge is -2.21. The van der Waals surface area contributed by atoms with Crippen LogP contribution in [0.1, 0.15) is 12.8 Å². The molecule has 0 saturated carbocycles. The summed E-state index contributed by atoms with van der Waals surface area (Å²) in [5, 5.41) is 6.84. The summed E-state index contributed by atoms with van der Waals surface area (Å²) in [7, 11) is 1.61. The van der Waals surface area contributed by atoms with Crippen LogP contribution < -0.4 is 15.4 Å². The van der Waals surface area contributed by atoms with Crippen LogP contribution in [0.2, 0.25) is 0 Å². The van der Waals surface area contributed by atoms with Crippen LogP contribution in [0.15, 0.2) is 22.7 Å². The highest BCUT2D eigenvalue weighted by molar-refractivity contribution is 9.10. The van der Waals surface area contributed by atoms with E-state index in [1.54, 1.807) is 18.9 Å². The first kappa shape index (κ1) is 15.7. The highest BCUT2D eigenvalue weighted by Gasteiger charge is 2.15. The smallest absolute Gasteiger partial charge is 0.234 e. The van der Waals surface area contributed by atoms with Crippen molar-refractivity contribution in [3.05, 3.63) is 22.7 Å². The predicted molar refractivity (Wildman–Crippen MR) is 87.7 cm³/mol. The molecule has 1 heterocycles. The number of hydrogen-bond acceptors (Lipinski definition) is 4. The largest absolute Gasteiger partial charge is 0.497 e. The lowest BCUT2D eigenvalue weighted by molar-refractivity contribution is -0.113. The minimum Gasteiger partial charge on any atom is -0.497 e. The van der Waals surface area contributed by atoms with Gasteiger partial charge in [0.1, 0.15) is 5.75 Å². The average Bonchev–Trinajstić information content (AvgIpc) is 2.45. The molecular weight excluding hydrogens is 340 g/mol. The summed E-state index contributed by atoms with van der Waals surface area (Å²) in [6, 6.07) is 5.55. The van der Waals surface area contributed by atoms with E-state index in [0.29, 0.717) is 11.0 Å². The van der Waals surface area contributed by atoms with Crippen molar-refractivity contribution >= 4 is 39.3 Å². The van der Waals surface area contributed by atoms with E-state index in [2.05, 4.69) is 26.6 Å². The van der Waals surface area contributed by atoms with E-state index in [0.717, 1.165) is 41.8 Å². The Kier molecular flexibility index (Phi) is 6.19. The van der Waals surface area contributed by atoms with Gasteiger partial charge in [-0.1, -0.05) is 15.9 Å². The quantitative estimate of drug-likeness (QED) is 0.849. The molecule has 1 aliphatic rings. The van der Waals surface area contributed by atoms with E-state index in [4.69, 9.17) is 4.74 Å². The molecule has 20 heavy (non-hydrogen) atoms. The highest BCUT2D eigenvalue weighted by atomic mass is 79.9. The maximum absolute atomic E-state index is 12.0. The number of methoxy groups -OCH3 is 1. The molecular formula is C14H19BrN2O2S. The molecule has 1 amide bonds. The van der Waals surface area contributed by atoms with Crippen molar-refractivity contribution in [1.82, 2.24) is 5.32 Å². The van der Waals surface area contributed by atoms with E-state index >= 15 is 0 Å². The number of carbonyl (C=O) groups excluding carboxylic acids is 1. The number of thioether (sulfide) groups is 1. The third-order valence-electron chi connectivity index (χ3n) is 3.13. The van der Waals surface area contributed by atoms with Gasteiger partial charge < -0.3 is 15.4 Å². The molecule has 2 rings (SSSR count). The topological polar surface area (TPSA) is 50.4 Å². The van der Waals surface area contributed by atoms with Gasteiger partial charge in [-0.2, -0.15) is 0 Å². The molecule has 1 aromatic rings. The van der Waals surface area contributed by atoms with Gasteiger partial charge in [0.05, 0.1) is 12.9 Å². The fourth-order valence-electron chi connectivity index (χ4n) is 2.11. The normalized spacial score (nSPS) is 15.9. The molecule has 0 aliphatic carbocycles. The van der Waals surface area contributed by atoms with Gasteiger partial charge >= 0.3 is 0 Å². The zero-order valence-corrected chi connectivity index (χ0v) is 13.9. The number of benzene rings is 1. The fraction of sp³-hybridized carbons (Fsp3) is 0.500. The molecule has 0 spiro atoms. The van der Waals surface area contributed by atoms with Gasteiger partial charge in [0.2, 0.25) is 5.91 Å². The molecule has 6 heteroatoms. The minimum absolute atomic E-state index is 0.0358. The van der Waals surface area contributed by atoms with Crippen LogP contribution in [0.25, 0.3) is 0 Å². The molecule has 0 bridgehead atoms. The van der Waals surface area contributed by atoms with Crippen molar-refractivity contribution in [2.75, 3.05) is 31.3 Å². The predicted octanol–water partition coefficient (Wildman–Crippen LogP) is 2.88. The van der Waals surface area contributed by atoms with E-state index in [1.165, 1.54) is 0 Å². The van der Waals surface area contributed by atoms with Crippen molar-refractivity contribution in [1.29, 1.82) is 0 Å². The van der Waals surface area contributed by atoms with Gasteiger partial charge in [0.15, 0.2) is 0 Å². The lowest BCUT2D eigenvalue weighted by Crippen LogP contribution is -2.30. The average molecular weight is 359 g/mol. The van der Waals surface area contributed by atoms with Gasteiger partial charge in [0, 0.05) is 21.5 Å². The molecule has 4 nitrogen and oxygen atoms in total. The van der Waals surface area contributed by atoms with Crippen LogP contribution in [0.5, 0.6) is 5.75 Å². The van der Waals surface area contributed by atoms with Crippen LogP contribution in [0.3, 0.4) is 0 Å². The van der Waals surface area contributed by atoms with Gasteiger partial charge in [0.25, 0.3) is 0 Å². The first-order valence-corrected chi connectivity index (χ1v) is 8.48. The van der Waals surface area contributed by atoms with E-state index in [9.17, 15) is 4.79 Å². The summed E-state index contributed by atoms with van der Waals surface area (Å²) in [6.45, 7) is 2.12. The second-order valence-electron chi connectivity index (χ2n) is 4.69. The number of ether oxygens (including phenoxy) is 1. The highest BCUT2D eigenvalue weighted by Crippen LogP contribution is 2.25. The number of piperidine rings is 1. The molecule has 1 aliphatic heterocycles. The number of amides is 1. The van der Waals surface area contributed by atoms with Gasteiger partial charge in [-0.3, -0.25) is 4.79 Å². The minimum atomic E-state index is 0.0358. The van der Waals surface area contributed by atoms with E-state index < -0.39 is 0 Å². The Hall–Kier alpha value is -0.720. The Balaban J connectivity index is 1.83. The third-order valence-corrected chi connectivity index (χ3v) is 4.96. The van der Waals surface area contributed by atoms with E-state index in [-0.39, 0.29) is 5.91 Å². The second-order valence-corrected chi connectivity index (χ2v) is 6.89. The van der Waals surface area contributed by atoms with E-state index in [1.807, 2.05) is 18.2 Å². The number of rotatable bonds is 5. The second kappa shape index (κ2) is 7.90. The Morgan fingerprint density at radius 1 is 1.45 bits per heavy atom. The molecule has 0 radical (unpaired) electrons. The van der Waals surface area contributed by atoms with Crippen molar-refractivity contribution in [3.8, 4) is 5.75 Å². The monoisotopic (exact) mass is 358 g/mol. The maximum Gasteiger partial charge on any atom is 0.234 e. The summed E-state index contributed by atoms with van der Waals surface area (Å²) in [4.78, 5) is 12.0. The van der Waals surface area contributed by atoms with Crippen LogP contribution >= 0.6 is 27.7 Å². The Morgan fingerprint density at radius 2 is 2.20 bits per heavy atom. The Morgan fingerprint density at radius 3 is 2.90 bits per heavy atom. The van der Waals surface area contributed by atoms with Gasteiger partial charge in [-0.15, -0.1) is 11.8 Å². The van der Waals surface area contributed by atoms with Crippen molar-refractivity contribution in [3.63, 3.8) is 0 Å².